The zero-order chi connectivity index (χ0) is 11.0. The van der Waals surface area contributed by atoms with Crippen LogP contribution in [0.25, 0.3) is 10.8 Å². The molecule has 0 aliphatic heterocycles. The number of benzene rings is 1. The number of anilines is 1. The first kappa shape index (κ1) is 9.58. The Bertz CT molecular complexity index is 504. The number of nitrogens with one attached hydrogen (secondary N) is 1. The lowest BCUT2D eigenvalue weighted by molar-refractivity contribution is 0.772. The fourth-order valence-electron chi connectivity index (χ4n) is 2.19. The first-order chi connectivity index (χ1) is 7.88. The van der Waals surface area contributed by atoms with Gasteiger partial charge in [0.05, 0.1) is 6.20 Å². The zero-order valence-electron chi connectivity index (χ0n) is 9.35. The molecule has 3 rings (SSSR count). The van der Waals surface area contributed by atoms with Crippen LogP contribution in [0, 0.1) is 5.92 Å². The molecule has 16 heavy (non-hydrogen) atoms. The molecular formula is C13H15N3. The zero-order valence-corrected chi connectivity index (χ0v) is 9.35. The maximum atomic E-state index is 4.19. The second kappa shape index (κ2) is 3.74. The van der Waals surface area contributed by atoms with Crippen molar-refractivity contribution >= 4 is 16.6 Å². The van der Waals surface area contributed by atoms with Gasteiger partial charge in [0.1, 0.15) is 0 Å². The monoisotopic (exact) mass is 213 g/mol. The molecule has 1 saturated carbocycles. The summed E-state index contributed by atoms with van der Waals surface area (Å²) in [6.45, 7) is 2.24. The fraction of sp³-hybridized carbons (Fsp3) is 0.385. The van der Waals surface area contributed by atoms with Gasteiger partial charge in [0.15, 0.2) is 5.82 Å². The van der Waals surface area contributed by atoms with Crippen molar-refractivity contribution in [3.05, 3.63) is 30.5 Å². The molecule has 2 aromatic rings. The van der Waals surface area contributed by atoms with E-state index in [1.165, 1.54) is 18.2 Å². The number of rotatable bonds is 3. The highest BCUT2D eigenvalue weighted by atomic mass is 15.2. The van der Waals surface area contributed by atoms with E-state index in [0.29, 0.717) is 6.04 Å². The molecule has 0 spiro atoms. The van der Waals surface area contributed by atoms with Gasteiger partial charge in [0.25, 0.3) is 0 Å². The van der Waals surface area contributed by atoms with Gasteiger partial charge in [0, 0.05) is 16.8 Å². The summed E-state index contributed by atoms with van der Waals surface area (Å²) >= 11 is 0. The summed E-state index contributed by atoms with van der Waals surface area (Å²) in [5.41, 5.74) is 0. The Labute approximate surface area is 94.9 Å². The van der Waals surface area contributed by atoms with Crippen molar-refractivity contribution in [2.45, 2.75) is 25.8 Å². The summed E-state index contributed by atoms with van der Waals surface area (Å²) in [5.74, 6) is 1.75. The van der Waals surface area contributed by atoms with Gasteiger partial charge >= 0.3 is 0 Å². The van der Waals surface area contributed by atoms with E-state index >= 15 is 0 Å². The van der Waals surface area contributed by atoms with E-state index in [1.807, 2.05) is 18.3 Å². The quantitative estimate of drug-likeness (QED) is 0.852. The average Bonchev–Trinajstić information content (AvgIpc) is 3.08. The van der Waals surface area contributed by atoms with Crippen molar-refractivity contribution in [1.29, 1.82) is 0 Å². The highest BCUT2D eigenvalue weighted by Gasteiger charge is 2.35. The molecule has 2 unspecified atom stereocenters. The Morgan fingerprint density at radius 3 is 3.06 bits per heavy atom. The second-order valence-corrected chi connectivity index (χ2v) is 4.44. The molecule has 3 heteroatoms. The van der Waals surface area contributed by atoms with Crippen LogP contribution in [-0.4, -0.2) is 16.2 Å². The molecular weight excluding hydrogens is 198 g/mol. The van der Waals surface area contributed by atoms with Crippen LogP contribution in [-0.2, 0) is 0 Å². The van der Waals surface area contributed by atoms with Gasteiger partial charge in [-0.3, -0.25) is 0 Å². The van der Waals surface area contributed by atoms with Crippen LogP contribution in [0.2, 0.25) is 0 Å². The van der Waals surface area contributed by atoms with Crippen LogP contribution in [0.15, 0.2) is 30.5 Å². The molecule has 1 aliphatic carbocycles. The van der Waals surface area contributed by atoms with Crippen molar-refractivity contribution in [3.63, 3.8) is 0 Å². The Morgan fingerprint density at radius 2 is 2.25 bits per heavy atom. The molecule has 1 heterocycles. The normalized spacial score (nSPS) is 23.3. The Kier molecular flexibility index (Phi) is 2.24. The van der Waals surface area contributed by atoms with Crippen LogP contribution in [0.4, 0.5) is 5.82 Å². The Balaban J connectivity index is 1.92. The van der Waals surface area contributed by atoms with E-state index in [4.69, 9.17) is 0 Å². The van der Waals surface area contributed by atoms with E-state index in [2.05, 4.69) is 34.6 Å². The summed E-state index contributed by atoms with van der Waals surface area (Å²) < 4.78 is 0. The first-order valence-electron chi connectivity index (χ1n) is 5.85. The van der Waals surface area contributed by atoms with Crippen molar-refractivity contribution in [2.24, 2.45) is 5.92 Å². The van der Waals surface area contributed by atoms with Crippen molar-refractivity contribution in [2.75, 3.05) is 5.32 Å². The molecule has 0 saturated heterocycles. The number of hydrogen-bond donors (Lipinski definition) is 1. The molecule has 1 aliphatic rings. The van der Waals surface area contributed by atoms with Crippen LogP contribution in [0.3, 0.4) is 0 Å². The molecule has 2 atom stereocenters. The van der Waals surface area contributed by atoms with Gasteiger partial charge in [-0.1, -0.05) is 37.6 Å². The minimum Gasteiger partial charge on any atom is -0.365 e. The van der Waals surface area contributed by atoms with Crippen LogP contribution >= 0.6 is 0 Å². The smallest absolute Gasteiger partial charge is 0.156 e. The molecule has 82 valence electrons. The van der Waals surface area contributed by atoms with Crippen LogP contribution in [0.5, 0.6) is 0 Å². The van der Waals surface area contributed by atoms with Crippen LogP contribution < -0.4 is 5.32 Å². The number of aromatic nitrogens is 2. The first-order valence-corrected chi connectivity index (χ1v) is 5.85. The lowest BCUT2D eigenvalue weighted by atomic mass is 10.2. The number of nitrogens with zero attached hydrogens (tertiary/aromatic N) is 2. The van der Waals surface area contributed by atoms with Gasteiger partial charge in [0.2, 0.25) is 0 Å². The van der Waals surface area contributed by atoms with Gasteiger partial charge < -0.3 is 5.32 Å². The maximum Gasteiger partial charge on any atom is 0.156 e. The molecule has 1 N–H and O–H groups in total. The minimum atomic E-state index is 0.602. The van der Waals surface area contributed by atoms with E-state index in [9.17, 15) is 0 Å². The summed E-state index contributed by atoms with van der Waals surface area (Å²) in [7, 11) is 0. The van der Waals surface area contributed by atoms with Gasteiger partial charge in [-0.15, -0.1) is 5.10 Å². The molecule has 1 aromatic carbocycles. The second-order valence-electron chi connectivity index (χ2n) is 4.44. The Hall–Kier alpha value is -1.64. The van der Waals surface area contributed by atoms with Gasteiger partial charge in [-0.25, -0.2) is 0 Å². The molecule has 1 aromatic heterocycles. The standard InChI is InChI=1S/C13H15N3/c1-2-9-7-12(9)15-13-11-6-4-3-5-10(11)8-14-16-13/h3-6,8-9,12H,2,7H2,1H3,(H,15,16). The predicted octanol–water partition coefficient (Wildman–Crippen LogP) is 2.84. The average molecular weight is 213 g/mol. The predicted molar refractivity (Wildman–Crippen MR) is 65.3 cm³/mol. The SMILES string of the molecule is CCC1CC1Nc1nncc2ccccc12. The Morgan fingerprint density at radius 1 is 1.38 bits per heavy atom. The van der Waals surface area contributed by atoms with Crippen molar-refractivity contribution < 1.29 is 0 Å². The lowest BCUT2D eigenvalue weighted by Crippen LogP contribution is -2.07. The third-order valence-electron chi connectivity index (χ3n) is 3.34. The number of fused-ring (bicyclic) bond motifs is 1. The highest BCUT2D eigenvalue weighted by Crippen LogP contribution is 2.36. The van der Waals surface area contributed by atoms with Crippen molar-refractivity contribution in [3.8, 4) is 0 Å². The molecule has 1 fully saturated rings. The number of hydrogen-bond acceptors (Lipinski definition) is 3. The summed E-state index contributed by atoms with van der Waals surface area (Å²) in [4.78, 5) is 0. The minimum absolute atomic E-state index is 0.602. The van der Waals surface area contributed by atoms with E-state index < -0.39 is 0 Å². The summed E-state index contributed by atoms with van der Waals surface area (Å²) in [5, 5.41) is 14.0. The highest BCUT2D eigenvalue weighted by molar-refractivity contribution is 5.91. The maximum absolute atomic E-state index is 4.19. The fourth-order valence-corrected chi connectivity index (χ4v) is 2.19. The molecule has 0 bridgehead atoms. The summed E-state index contributed by atoms with van der Waals surface area (Å²) in [6.07, 6.45) is 4.32. The molecule has 0 radical (unpaired) electrons. The van der Waals surface area contributed by atoms with E-state index in [-0.39, 0.29) is 0 Å². The van der Waals surface area contributed by atoms with E-state index in [0.717, 1.165) is 17.1 Å². The largest absolute Gasteiger partial charge is 0.365 e. The van der Waals surface area contributed by atoms with Gasteiger partial charge in [-0.2, -0.15) is 5.10 Å². The molecule has 3 nitrogen and oxygen atoms in total. The van der Waals surface area contributed by atoms with Gasteiger partial charge in [-0.05, 0) is 12.3 Å². The lowest BCUT2D eigenvalue weighted by Gasteiger charge is -2.06. The summed E-state index contributed by atoms with van der Waals surface area (Å²) in [6, 6.07) is 8.83. The topological polar surface area (TPSA) is 37.8 Å². The molecule has 0 amide bonds. The van der Waals surface area contributed by atoms with Crippen LogP contribution in [0.1, 0.15) is 19.8 Å². The van der Waals surface area contributed by atoms with Crippen molar-refractivity contribution in [1.82, 2.24) is 10.2 Å². The third kappa shape index (κ3) is 1.62. The third-order valence-corrected chi connectivity index (χ3v) is 3.34. The van der Waals surface area contributed by atoms with E-state index in [1.54, 1.807) is 0 Å².